The van der Waals surface area contributed by atoms with Crippen molar-refractivity contribution in [2.24, 2.45) is 0 Å². The molecule has 6 nitrogen and oxygen atoms in total. The lowest BCUT2D eigenvalue weighted by Crippen LogP contribution is -2.47. The van der Waals surface area contributed by atoms with E-state index in [-0.39, 0.29) is 5.91 Å². The number of aromatic nitrogens is 2. The first-order valence-electron chi connectivity index (χ1n) is 9.58. The number of carbonyl (C=O) groups excluding carboxylic acids is 1. The largest absolute Gasteiger partial charge is 0.353 e. The molecule has 0 radical (unpaired) electrons. The quantitative estimate of drug-likeness (QED) is 0.573. The summed E-state index contributed by atoms with van der Waals surface area (Å²) in [6.07, 6.45) is 7.82. The smallest absolute Gasteiger partial charge is 0.243 e. The number of hydrogen-bond acceptors (Lipinski definition) is 5. The Kier molecular flexibility index (Phi) is 7.39. The zero-order valence-electron chi connectivity index (χ0n) is 16.1. The first-order valence-corrected chi connectivity index (χ1v) is 9.96. The van der Waals surface area contributed by atoms with E-state index in [1.807, 2.05) is 31.2 Å². The van der Waals surface area contributed by atoms with Gasteiger partial charge in [-0.15, -0.1) is 0 Å². The van der Waals surface area contributed by atoms with Gasteiger partial charge in [0.15, 0.2) is 0 Å². The molecule has 3 rings (SSSR count). The molecule has 0 saturated carbocycles. The average Bonchev–Trinajstić information content (AvgIpc) is 2.73. The Bertz CT molecular complexity index is 804. The van der Waals surface area contributed by atoms with Gasteiger partial charge in [0, 0.05) is 56.2 Å². The minimum Gasteiger partial charge on any atom is -0.353 e. The summed E-state index contributed by atoms with van der Waals surface area (Å²) in [5, 5.41) is 3.65. The number of piperazine rings is 1. The van der Waals surface area contributed by atoms with Gasteiger partial charge in [-0.2, -0.15) is 0 Å². The highest BCUT2D eigenvalue weighted by Crippen LogP contribution is 2.17. The normalized spacial score (nSPS) is 15.1. The molecule has 0 bridgehead atoms. The summed E-state index contributed by atoms with van der Waals surface area (Å²) in [7, 11) is 0. The van der Waals surface area contributed by atoms with Gasteiger partial charge in [-0.25, -0.2) is 9.97 Å². The molecule has 2 heterocycles. The van der Waals surface area contributed by atoms with Crippen LogP contribution in [-0.4, -0.2) is 60.0 Å². The van der Waals surface area contributed by atoms with E-state index in [2.05, 4.69) is 25.1 Å². The Labute approximate surface area is 171 Å². The maximum atomic E-state index is 12.0. The Hall–Kier alpha value is -2.44. The summed E-state index contributed by atoms with van der Waals surface area (Å²) in [6, 6.07) is 7.59. The molecule has 1 aliphatic heterocycles. The molecule has 0 atom stereocenters. The second-order valence-corrected chi connectivity index (χ2v) is 7.27. The Morgan fingerprint density at radius 3 is 2.68 bits per heavy atom. The van der Waals surface area contributed by atoms with E-state index in [0.29, 0.717) is 11.6 Å². The molecule has 2 aromatic rings. The van der Waals surface area contributed by atoms with E-state index >= 15 is 0 Å². The Balaban J connectivity index is 1.32. The molecule has 1 fully saturated rings. The minimum atomic E-state index is -0.0808. The standard InChI is InChI=1S/C21H26ClN5O/c1-17-4-5-18(16-19(17)22)6-7-20(28)23-10-3-11-26-12-14-27(15-13-26)21-24-8-2-9-25-21/h2,4-9,16H,3,10-15H2,1H3,(H,23,28). The van der Waals surface area contributed by atoms with E-state index in [1.54, 1.807) is 24.5 Å². The van der Waals surface area contributed by atoms with E-state index < -0.39 is 0 Å². The van der Waals surface area contributed by atoms with E-state index in [1.165, 1.54) is 0 Å². The molecule has 7 heteroatoms. The third-order valence-corrected chi connectivity index (χ3v) is 5.19. The summed E-state index contributed by atoms with van der Waals surface area (Å²) in [4.78, 5) is 25.2. The molecule has 1 amide bonds. The van der Waals surface area contributed by atoms with Crippen molar-refractivity contribution in [1.29, 1.82) is 0 Å². The molecule has 1 N–H and O–H groups in total. The van der Waals surface area contributed by atoms with Crippen molar-refractivity contribution >= 4 is 29.5 Å². The van der Waals surface area contributed by atoms with Crippen LogP contribution in [0.15, 0.2) is 42.7 Å². The number of nitrogens with zero attached hydrogens (tertiary/aromatic N) is 4. The fraction of sp³-hybridized carbons (Fsp3) is 0.381. The second kappa shape index (κ2) is 10.2. The SMILES string of the molecule is Cc1ccc(C=CC(=O)NCCCN2CCN(c3ncccn3)CC2)cc1Cl. The van der Waals surface area contributed by atoms with Crippen molar-refractivity contribution in [3.8, 4) is 0 Å². The van der Waals surface area contributed by atoms with Gasteiger partial charge in [0.2, 0.25) is 11.9 Å². The molecule has 28 heavy (non-hydrogen) atoms. The highest BCUT2D eigenvalue weighted by molar-refractivity contribution is 6.31. The third kappa shape index (κ3) is 6.04. The van der Waals surface area contributed by atoms with Crippen LogP contribution in [0.2, 0.25) is 5.02 Å². The summed E-state index contributed by atoms with van der Waals surface area (Å²) in [5.41, 5.74) is 1.95. The summed E-state index contributed by atoms with van der Waals surface area (Å²) in [5.74, 6) is 0.721. The van der Waals surface area contributed by atoms with Crippen molar-refractivity contribution in [2.45, 2.75) is 13.3 Å². The number of hydrogen-bond donors (Lipinski definition) is 1. The molecule has 1 aliphatic rings. The molecule has 1 saturated heterocycles. The van der Waals surface area contributed by atoms with Gasteiger partial charge in [-0.05, 0) is 49.2 Å². The molecule has 148 valence electrons. The van der Waals surface area contributed by atoms with Gasteiger partial charge < -0.3 is 10.2 Å². The predicted molar refractivity (Wildman–Crippen MR) is 114 cm³/mol. The fourth-order valence-electron chi connectivity index (χ4n) is 3.08. The lowest BCUT2D eigenvalue weighted by atomic mass is 10.1. The van der Waals surface area contributed by atoms with Crippen LogP contribution in [0, 0.1) is 6.92 Å². The monoisotopic (exact) mass is 399 g/mol. The van der Waals surface area contributed by atoms with Gasteiger partial charge in [0.25, 0.3) is 0 Å². The maximum absolute atomic E-state index is 12.0. The summed E-state index contributed by atoms with van der Waals surface area (Å²) < 4.78 is 0. The first-order chi connectivity index (χ1) is 13.6. The Morgan fingerprint density at radius 2 is 1.96 bits per heavy atom. The second-order valence-electron chi connectivity index (χ2n) is 6.86. The fourth-order valence-corrected chi connectivity index (χ4v) is 3.27. The van der Waals surface area contributed by atoms with E-state index in [9.17, 15) is 4.79 Å². The number of nitrogens with one attached hydrogen (secondary N) is 1. The van der Waals surface area contributed by atoms with Crippen molar-refractivity contribution in [3.05, 3.63) is 58.9 Å². The minimum absolute atomic E-state index is 0.0808. The molecule has 1 aromatic heterocycles. The van der Waals surface area contributed by atoms with Crippen LogP contribution >= 0.6 is 11.6 Å². The van der Waals surface area contributed by atoms with E-state index in [0.717, 1.165) is 56.2 Å². The molecule has 0 aliphatic carbocycles. The van der Waals surface area contributed by atoms with Gasteiger partial charge in [0.05, 0.1) is 0 Å². The molecular weight excluding hydrogens is 374 g/mol. The van der Waals surface area contributed by atoms with Crippen LogP contribution in [0.25, 0.3) is 6.08 Å². The van der Waals surface area contributed by atoms with Gasteiger partial charge >= 0.3 is 0 Å². The highest BCUT2D eigenvalue weighted by Gasteiger charge is 2.18. The van der Waals surface area contributed by atoms with Crippen LogP contribution in [0.5, 0.6) is 0 Å². The molecule has 0 spiro atoms. The van der Waals surface area contributed by atoms with Gasteiger partial charge in [-0.1, -0.05) is 23.7 Å². The number of benzene rings is 1. The maximum Gasteiger partial charge on any atom is 0.243 e. The number of carbonyl (C=O) groups is 1. The van der Waals surface area contributed by atoms with Gasteiger partial charge in [-0.3, -0.25) is 9.69 Å². The zero-order valence-corrected chi connectivity index (χ0v) is 16.9. The lowest BCUT2D eigenvalue weighted by molar-refractivity contribution is -0.116. The summed E-state index contributed by atoms with van der Waals surface area (Å²) >= 11 is 6.10. The van der Waals surface area contributed by atoms with Gasteiger partial charge in [0.1, 0.15) is 0 Å². The van der Waals surface area contributed by atoms with Crippen molar-refractivity contribution in [2.75, 3.05) is 44.2 Å². The van der Waals surface area contributed by atoms with Crippen molar-refractivity contribution in [3.63, 3.8) is 0 Å². The predicted octanol–water partition coefficient (Wildman–Crippen LogP) is 2.78. The van der Waals surface area contributed by atoms with Crippen LogP contribution < -0.4 is 10.2 Å². The number of halogens is 1. The number of aryl methyl sites for hydroxylation is 1. The van der Waals surface area contributed by atoms with Crippen molar-refractivity contribution in [1.82, 2.24) is 20.2 Å². The highest BCUT2D eigenvalue weighted by atomic mass is 35.5. The Morgan fingerprint density at radius 1 is 1.21 bits per heavy atom. The summed E-state index contributed by atoms with van der Waals surface area (Å²) in [6.45, 7) is 7.43. The number of rotatable bonds is 7. The third-order valence-electron chi connectivity index (χ3n) is 4.78. The van der Waals surface area contributed by atoms with Crippen LogP contribution in [0.4, 0.5) is 5.95 Å². The van der Waals surface area contributed by atoms with Crippen LogP contribution in [-0.2, 0) is 4.79 Å². The van der Waals surface area contributed by atoms with Crippen LogP contribution in [0.1, 0.15) is 17.5 Å². The molecule has 0 unspecified atom stereocenters. The van der Waals surface area contributed by atoms with E-state index in [4.69, 9.17) is 11.6 Å². The molecule has 1 aromatic carbocycles. The number of amides is 1. The molecular formula is C21H26ClN5O. The first kappa shape index (κ1) is 20.3. The zero-order chi connectivity index (χ0) is 19.8. The van der Waals surface area contributed by atoms with Crippen LogP contribution in [0.3, 0.4) is 0 Å². The topological polar surface area (TPSA) is 61.4 Å². The average molecular weight is 400 g/mol. The number of anilines is 1. The van der Waals surface area contributed by atoms with Crippen molar-refractivity contribution < 1.29 is 4.79 Å². The lowest BCUT2D eigenvalue weighted by Gasteiger charge is -2.34.